The predicted octanol–water partition coefficient (Wildman–Crippen LogP) is 1.27. The van der Waals surface area contributed by atoms with Crippen molar-refractivity contribution >= 4 is 5.90 Å². The maximum Gasteiger partial charge on any atom is 0.223 e. The Labute approximate surface area is 89.9 Å². The van der Waals surface area contributed by atoms with Crippen molar-refractivity contribution < 1.29 is 14.6 Å². The number of hydrogen-bond donors (Lipinski definition) is 1. The van der Waals surface area contributed by atoms with Crippen molar-refractivity contribution in [2.24, 2.45) is 4.99 Å². The van der Waals surface area contributed by atoms with Gasteiger partial charge in [0.1, 0.15) is 0 Å². The summed E-state index contributed by atoms with van der Waals surface area (Å²) < 4.78 is 10.3. The minimum atomic E-state index is -1.20. The molecule has 0 amide bonds. The van der Waals surface area contributed by atoms with Crippen LogP contribution in [0.2, 0.25) is 0 Å². The number of aliphatic imine (C=N–C) groups is 1. The molecule has 1 heterocycles. The summed E-state index contributed by atoms with van der Waals surface area (Å²) in [5.74, 6) is 0.245. The average molecular weight is 211 g/mol. The SMILES string of the molecule is C=CCC1(O)C=CC(C)(OC)N=C1OC. The second-order valence-electron chi connectivity index (χ2n) is 3.63. The van der Waals surface area contributed by atoms with Crippen LogP contribution in [0.25, 0.3) is 0 Å². The van der Waals surface area contributed by atoms with Gasteiger partial charge in [-0.05, 0) is 19.1 Å². The Morgan fingerprint density at radius 1 is 1.53 bits per heavy atom. The van der Waals surface area contributed by atoms with Crippen LogP contribution in [0.3, 0.4) is 0 Å². The summed E-state index contributed by atoms with van der Waals surface area (Å²) in [5, 5.41) is 10.2. The first kappa shape index (κ1) is 11.9. The Bertz CT molecular complexity index is 311. The fraction of sp³-hybridized carbons (Fsp3) is 0.545. The van der Waals surface area contributed by atoms with Crippen molar-refractivity contribution in [3.05, 3.63) is 24.8 Å². The molecule has 1 aliphatic rings. The topological polar surface area (TPSA) is 51.0 Å². The highest BCUT2D eigenvalue weighted by Crippen LogP contribution is 2.27. The van der Waals surface area contributed by atoms with Gasteiger partial charge in [0.15, 0.2) is 11.3 Å². The normalized spacial score (nSPS) is 34.8. The van der Waals surface area contributed by atoms with E-state index in [0.717, 1.165) is 0 Å². The monoisotopic (exact) mass is 211 g/mol. The summed E-state index contributed by atoms with van der Waals surface area (Å²) in [7, 11) is 3.03. The minimum absolute atomic E-state index is 0.245. The van der Waals surface area contributed by atoms with E-state index in [-0.39, 0.29) is 5.90 Å². The molecule has 15 heavy (non-hydrogen) atoms. The average Bonchev–Trinajstić information content (AvgIpc) is 2.23. The summed E-state index contributed by atoms with van der Waals surface area (Å²) >= 11 is 0. The molecule has 1 rings (SSSR count). The predicted molar refractivity (Wildman–Crippen MR) is 58.8 cm³/mol. The van der Waals surface area contributed by atoms with Gasteiger partial charge < -0.3 is 14.6 Å². The molecule has 2 atom stereocenters. The van der Waals surface area contributed by atoms with Gasteiger partial charge in [-0.1, -0.05) is 6.08 Å². The summed E-state index contributed by atoms with van der Waals surface area (Å²) in [5.41, 5.74) is -1.96. The van der Waals surface area contributed by atoms with Crippen LogP contribution in [0.4, 0.5) is 0 Å². The van der Waals surface area contributed by atoms with Gasteiger partial charge >= 0.3 is 0 Å². The Morgan fingerprint density at radius 2 is 2.20 bits per heavy atom. The molecule has 0 aliphatic carbocycles. The first-order chi connectivity index (χ1) is 6.99. The number of ether oxygens (including phenoxy) is 2. The van der Waals surface area contributed by atoms with Crippen LogP contribution in [-0.4, -0.2) is 36.5 Å². The summed E-state index contributed by atoms with van der Waals surface area (Å²) in [6.07, 6.45) is 5.31. The zero-order valence-electron chi connectivity index (χ0n) is 9.36. The van der Waals surface area contributed by atoms with Crippen LogP contribution in [0, 0.1) is 0 Å². The molecule has 0 saturated heterocycles. The van der Waals surface area contributed by atoms with E-state index in [0.29, 0.717) is 6.42 Å². The third-order valence-electron chi connectivity index (χ3n) is 2.42. The minimum Gasteiger partial charge on any atom is -0.482 e. The second-order valence-corrected chi connectivity index (χ2v) is 3.63. The van der Waals surface area contributed by atoms with Gasteiger partial charge in [-0.2, -0.15) is 0 Å². The molecule has 0 aromatic heterocycles. The molecule has 2 unspecified atom stereocenters. The highest BCUT2D eigenvalue weighted by molar-refractivity contribution is 5.88. The van der Waals surface area contributed by atoms with Crippen LogP contribution in [0.1, 0.15) is 13.3 Å². The number of methoxy groups -OCH3 is 2. The van der Waals surface area contributed by atoms with Gasteiger partial charge in [-0.25, -0.2) is 4.99 Å². The lowest BCUT2D eigenvalue weighted by atomic mass is 9.94. The van der Waals surface area contributed by atoms with Crippen molar-refractivity contribution in [1.29, 1.82) is 0 Å². The summed E-state index contributed by atoms with van der Waals surface area (Å²) in [6.45, 7) is 5.38. The molecule has 84 valence electrons. The van der Waals surface area contributed by atoms with Gasteiger partial charge in [-0.3, -0.25) is 0 Å². The van der Waals surface area contributed by atoms with Gasteiger partial charge in [0.25, 0.3) is 0 Å². The molecule has 0 radical (unpaired) electrons. The highest BCUT2D eigenvalue weighted by atomic mass is 16.5. The van der Waals surface area contributed by atoms with Gasteiger partial charge in [0, 0.05) is 13.5 Å². The van der Waals surface area contributed by atoms with Crippen LogP contribution in [0.15, 0.2) is 29.8 Å². The van der Waals surface area contributed by atoms with E-state index >= 15 is 0 Å². The van der Waals surface area contributed by atoms with Crippen LogP contribution in [0.5, 0.6) is 0 Å². The Hall–Kier alpha value is -1.13. The number of dihydropyridines is 1. The van der Waals surface area contributed by atoms with Crippen LogP contribution >= 0.6 is 0 Å². The lowest BCUT2D eigenvalue weighted by Crippen LogP contribution is -2.43. The third-order valence-corrected chi connectivity index (χ3v) is 2.42. The molecule has 0 saturated carbocycles. The molecule has 0 aromatic rings. The Balaban J connectivity index is 3.03. The van der Waals surface area contributed by atoms with E-state index < -0.39 is 11.3 Å². The number of aliphatic hydroxyl groups is 1. The zero-order valence-corrected chi connectivity index (χ0v) is 9.36. The molecule has 0 aromatic carbocycles. The summed E-state index contributed by atoms with van der Waals surface area (Å²) in [6, 6.07) is 0. The van der Waals surface area contributed by atoms with E-state index in [1.807, 2.05) is 0 Å². The van der Waals surface area contributed by atoms with Gasteiger partial charge in [0.2, 0.25) is 5.90 Å². The number of hydrogen-bond acceptors (Lipinski definition) is 4. The lowest BCUT2D eigenvalue weighted by Gasteiger charge is -2.32. The highest BCUT2D eigenvalue weighted by Gasteiger charge is 2.38. The number of nitrogens with zero attached hydrogens (tertiary/aromatic N) is 1. The summed E-state index contributed by atoms with van der Waals surface area (Å²) in [4.78, 5) is 4.21. The van der Waals surface area contributed by atoms with E-state index in [1.54, 1.807) is 32.3 Å². The smallest absolute Gasteiger partial charge is 0.223 e. The molecule has 4 heteroatoms. The quantitative estimate of drug-likeness (QED) is 0.715. The second kappa shape index (κ2) is 4.16. The van der Waals surface area contributed by atoms with Gasteiger partial charge in [-0.15, -0.1) is 6.58 Å². The molecule has 0 bridgehead atoms. The molecule has 0 fully saturated rings. The maximum absolute atomic E-state index is 10.2. The molecular weight excluding hydrogens is 194 g/mol. The largest absolute Gasteiger partial charge is 0.482 e. The standard InChI is InChI=1S/C11H17NO3/c1-5-6-11(13)8-7-10(2,15-4)12-9(11)14-3/h5,7-8,13H,1,6H2,2-4H3. The molecule has 0 spiro atoms. The molecule has 4 nitrogen and oxygen atoms in total. The van der Waals surface area contributed by atoms with Crippen molar-refractivity contribution in [2.45, 2.75) is 24.7 Å². The first-order valence-electron chi connectivity index (χ1n) is 4.73. The van der Waals surface area contributed by atoms with Crippen LogP contribution in [-0.2, 0) is 9.47 Å². The van der Waals surface area contributed by atoms with E-state index in [9.17, 15) is 5.11 Å². The van der Waals surface area contributed by atoms with Gasteiger partial charge in [0.05, 0.1) is 7.11 Å². The van der Waals surface area contributed by atoms with E-state index in [2.05, 4.69) is 11.6 Å². The number of rotatable bonds is 3. The zero-order chi connectivity index (χ0) is 11.5. The van der Waals surface area contributed by atoms with Crippen molar-refractivity contribution in [3.63, 3.8) is 0 Å². The fourth-order valence-corrected chi connectivity index (χ4v) is 1.41. The third kappa shape index (κ3) is 2.27. The van der Waals surface area contributed by atoms with E-state index in [1.165, 1.54) is 7.11 Å². The lowest BCUT2D eigenvalue weighted by molar-refractivity contribution is 0.0398. The Kier molecular flexibility index (Phi) is 3.31. The molecule has 1 aliphatic heterocycles. The molecule has 1 N–H and O–H groups in total. The van der Waals surface area contributed by atoms with Crippen molar-refractivity contribution in [1.82, 2.24) is 0 Å². The van der Waals surface area contributed by atoms with Crippen LogP contribution < -0.4 is 0 Å². The van der Waals surface area contributed by atoms with E-state index in [4.69, 9.17) is 9.47 Å². The molecular formula is C11H17NO3. The fourth-order valence-electron chi connectivity index (χ4n) is 1.41. The van der Waals surface area contributed by atoms with Crippen molar-refractivity contribution in [3.8, 4) is 0 Å². The Morgan fingerprint density at radius 3 is 2.67 bits per heavy atom. The van der Waals surface area contributed by atoms with Crippen molar-refractivity contribution in [2.75, 3.05) is 14.2 Å². The first-order valence-corrected chi connectivity index (χ1v) is 4.73. The maximum atomic E-state index is 10.2.